The molecule has 8 heteroatoms. The molecule has 3 aromatic rings. The number of nitrogens with zero attached hydrogens (tertiary/aromatic N) is 3. The standard InChI is InChI=1S/C16H19N5O2S/c1-2-7-24(22,23)16-11(4-6-18-16)14-13-10-3-5-17-15(10)19-8-12(13)20-9-21-14/h3,5,8-9,11,16,18H,2,4,6-7H2,1H3,(H,17,19). The lowest BCUT2D eigenvalue weighted by Gasteiger charge is -2.20. The monoisotopic (exact) mass is 345 g/mol. The average Bonchev–Trinajstić information content (AvgIpc) is 3.23. The highest BCUT2D eigenvalue weighted by molar-refractivity contribution is 7.92. The maximum Gasteiger partial charge on any atom is 0.166 e. The Hall–Kier alpha value is -2.06. The Morgan fingerprint density at radius 3 is 3.00 bits per heavy atom. The molecule has 2 N–H and O–H groups in total. The van der Waals surface area contributed by atoms with E-state index in [1.807, 2.05) is 19.2 Å². The van der Waals surface area contributed by atoms with Crippen LogP contribution in [0.15, 0.2) is 24.8 Å². The summed E-state index contributed by atoms with van der Waals surface area (Å²) in [4.78, 5) is 16.2. The van der Waals surface area contributed by atoms with Crippen molar-refractivity contribution in [2.45, 2.75) is 31.1 Å². The van der Waals surface area contributed by atoms with Crippen LogP contribution < -0.4 is 5.32 Å². The molecule has 24 heavy (non-hydrogen) atoms. The summed E-state index contributed by atoms with van der Waals surface area (Å²) in [7, 11) is -3.21. The number of hydrogen-bond acceptors (Lipinski definition) is 6. The van der Waals surface area contributed by atoms with Crippen LogP contribution in [0, 0.1) is 0 Å². The minimum atomic E-state index is -3.21. The third-order valence-electron chi connectivity index (χ3n) is 4.61. The summed E-state index contributed by atoms with van der Waals surface area (Å²) in [6.07, 6.45) is 6.39. The molecule has 4 heterocycles. The highest BCUT2D eigenvalue weighted by Gasteiger charge is 2.39. The Bertz CT molecular complexity index is 998. The van der Waals surface area contributed by atoms with Gasteiger partial charge in [0, 0.05) is 22.9 Å². The van der Waals surface area contributed by atoms with E-state index < -0.39 is 15.2 Å². The Morgan fingerprint density at radius 1 is 1.29 bits per heavy atom. The Labute approximate surface area is 139 Å². The van der Waals surface area contributed by atoms with E-state index in [0.717, 1.165) is 34.1 Å². The van der Waals surface area contributed by atoms with E-state index >= 15 is 0 Å². The second kappa shape index (κ2) is 5.78. The van der Waals surface area contributed by atoms with Crippen molar-refractivity contribution in [3.8, 4) is 0 Å². The van der Waals surface area contributed by atoms with Gasteiger partial charge in [-0.05, 0) is 25.5 Å². The molecule has 2 unspecified atom stereocenters. The molecule has 0 amide bonds. The van der Waals surface area contributed by atoms with Gasteiger partial charge in [-0.1, -0.05) is 6.92 Å². The molecule has 0 radical (unpaired) electrons. The van der Waals surface area contributed by atoms with Crippen LogP contribution >= 0.6 is 0 Å². The molecule has 0 aromatic carbocycles. The number of rotatable bonds is 4. The van der Waals surface area contributed by atoms with Crippen molar-refractivity contribution < 1.29 is 8.42 Å². The van der Waals surface area contributed by atoms with Gasteiger partial charge in [-0.3, -0.25) is 0 Å². The number of sulfone groups is 1. The summed E-state index contributed by atoms with van der Waals surface area (Å²) in [5.74, 6) is 0.0123. The van der Waals surface area contributed by atoms with Gasteiger partial charge in [-0.25, -0.2) is 23.4 Å². The molecule has 0 bridgehead atoms. The SMILES string of the molecule is CCCS(=O)(=O)C1NCCC1c1ncnc2cnc3[nH]ccc3c12. The Balaban J connectivity index is 1.91. The Morgan fingerprint density at radius 2 is 2.17 bits per heavy atom. The lowest BCUT2D eigenvalue weighted by Crippen LogP contribution is -2.36. The van der Waals surface area contributed by atoms with Crippen molar-refractivity contribution in [1.29, 1.82) is 0 Å². The van der Waals surface area contributed by atoms with Crippen molar-refractivity contribution >= 4 is 31.8 Å². The van der Waals surface area contributed by atoms with Crippen LogP contribution in [0.25, 0.3) is 21.9 Å². The first-order valence-corrected chi connectivity index (χ1v) is 9.85. The van der Waals surface area contributed by atoms with Crippen molar-refractivity contribution in [2.24, 2.45) is 0 Å². The minimum Gasteiger partial charge on any atom is -0.346 e. The first kappa shape index (κ1) is 15.5. The predicted molar refractivity (Wildman–Crippen MR) is 92.4 cm³/mol. The number of fused-ring (bicyclic) bond motifs is 3. The van der Waals surface area contributed by atoms with Gasteiger partial charge in [0.15, 0.2) is 9.84 Å². The lowest BCUT2D eigenvalue weighted by atomic mass is 9.99. The van der Waals surface area contributed by atoms with Gasteiger partial charge in [-0.2, -0.15) is 0 Å². The second-order valence-electron chi connectivity index (χ2n) is 6.15. The average molecular weight is 345 g/mol. The number of nitrogens with one attached hydrogen (secondary N) is 2. The zero-order valence-electron chi connectivity index (χ0n) is 13.4. The molecule has 0 spiro atoms. The van der Waals surface area contributed by atoms with Crippen LogP contribution in [0.5, 0.6) is 0 Å². The number of pyridine rings is 1. The fourth-order valence-corrected chi connectivity index (χ4v) is 5.57. The maximum atomic E-state index is 12.6. The van der Waals surface area contributed by atoms with Gasteiger partial charge in [0.2, 0.25) is 0 Å². The smallest absolute Gasteiger partial charge is 0.166 e. The molecule has 0 saturated carbocycles. The predicted octanol–water partition coefficient (Wildman–Crippen LogP) is 1.73. The molecule has 0 aliphatic carbocycles. The molecule has 1 aliphatic heterocycles. The van der Waals surface area contributed by atoms with Gasteiger partial charge in [0.25, 0.3) is 0 Å². The number of aromatic nitrogens is 4. The van der Waals surface area contributed by atoms with Gasteiger partial charge < -0.3 is 10.3 Å². The molecule has 1 saturated heterocycles. The van der Waals surface area contributed by atoms with Gasteiger partial charge in [0.05, 0.1) is 23.2 Å². The summed E-state index contributed by atoms with van der Waals surface area (Å²) >= 11 is 0. The van der Waals surface area contributed by atoms with Gasteiger partial charge in [0.1, 0.15) is 17.3 Å². The van der Waals surface area contributed by atoms with Gasteiger partial charge >= 0.3 is 0 Å². The molecule has 1 aliphatic rings. The first-order chi connectivity index (χ1) is 11.6. The number of aromatic amines is 1. The summed E-state index contributed by atoms with van der Waals surface area (Å²) in [5, 5.41) is 4.41. The van der Waals surface area contributed by atoms with E-state index in [0.29, 0.717) is 13.0 Å². The Kier molecular flexibility index (Phi) is 3.73. The molecule has 1 fully saturated rings. The largest absolute Gasteiger partial charge is 0.346 e. The van der Waals surface area contributed by atoms with Crippen LogP contribution in [0.3, 0.4) is 0 Å². The minimum absolute atomic E-state index is 0.174. The van der Waals surface area contributed by atoms with Crippen molar-refractivity contribution in [3.05, 3.63) is 30.5 Å². The molecule has 4 rings (SSSR count). The third kappa shape index (κ3) is 2.37. The van der Waals surface area contributed by atoms with Crippen molar-refractivity contribution in [2.75, 3.05) is 12.3 Å². The molecular formula is C16H19N5O2S. The van der Waals surface area contributed by atoms with Gasteiger partial charge in [-0.15, -0.1) is 0 Å². The van der Waals surface area contributed by atoms with Crippen LogP contribution in [0.1, 0.15) is 31.4 Å². The van der Waals surface area contributed by atoms with E-state index in [-0.39, 0.29) is 11.7 Å². The molecule has 7 nitrogen and oxygen atoms in total. The molecular weight excluding hydrogens is 326 g/mol. The molecule has 126 valence electrons. The first-order valence-electron chi connectivity index (χ1n) is 8.13. The van der Waals surface area contributed by atoms with Crippen molar-refractivity contribution in [3.63, 3.8) is 0 Å². The quantitative estimate of drug-likeness (QED) is 0.747. The number of hydrogen-bond donors (Lipinski definition) is 2. The number of H-pyrrole nitrogens is 1. The summed E-state index contributed by atoms with van der Waals surface area (Å²) in [6.45, 7) is 2.56. The van der Waals surface area contributed by atoms with Crippen LogP contribution in [0.4, 0.5) is 0 Å². The third-order valence-corrected chi connectivity index (χ3v) is 6.86. The fraction of sp³-hybridized carbons (Fsp3) is 0.438. The summed E-state index contributed by atoms with van der Waals surface area (Å²) < 4.78 is 25.3. The zero-order chi connectivity index (χ0) is 16.7. The maximum absolute atomic E-state index is 12.6. The highest BCUT2D eigenvalue weighted by Crippen LogP contribution is 2.35. The fourth-order valence-electron chi connectivity index (χ4n) is 3.61. The van der Waals surface area contributed by atoms with E-state index in [1.165, 1.54) is 6.33 Å². The summed E-state index contributed by atoms with van der Waals surface area (Å²) in [6, 6.07) is 1.94. The van der Waals surface area contributed by atoms with Crippen LogP contribution in [-0.4, -0.2) is 46.0 Å². The lowest BCUT2D eigenvalue weighted by molar-refractivity contribution is 0.556. The zero-order valence-corrected chi connectivity index (χ0v) is 14.2. The van der Waals surface area contributed by atoms with Crippen molar-refractivity contribution in [1.82, 2.24) is 25.3 Å². The molecule has 3 aromatic heterocycles. The van der Waals surface area contributed by atoms with E-state index in [9.17, 15) is 8.42 Å². The normalized spacial score (nSPS) is 21.7. The topological polar surface area (TPSA) is 101 Å². The second-order valence-corrected chi connectivity index (χ2v) is 8.40. The van der Waals surface area contributed by atoms with Crippen LogP contribution in [-0.2, 0) is 9.84 Å². The van der Waals surface area contributed by atoms with E-state index in [2.05, 4.69) is 25.3 Å². The molecule has 2 atom stereocenters. The highest BCUT2D eigenvalue weighted by atomic mass is 32.2. The van der Waals surface area contributed by atoms with E-state index in [4.69, 9.17) is 0 Å². The summed E-state index contributed by atoms with van der Waals surface area (Å²) in [5.41, 5.74) is 2.30. The van der Waals surface area contributed by atoms with Crippen LogP contribution in [0.2, 0.25) is 0 Å². The van der Waals surface area contributed by atoms with E-state index in [1.54, 1.807) is 6.20 Å².